The molecule has 0 aliphatic heterocycles. The van der Waals surface area contributed by atoms with E-state index in [0.717, 1.165) is 27.5 Å². The number of thiazole rings is 1. The van der Waals surface area contributed by atoms with Crippen molar-refractivity contribution in [3.8, 4) is 16.3 Å². The highest BCUT2D eigenvalue weighted by molar-refractivity contribution is 7.21. The van der Waals surface area contributed by atoms with Gasteiger partial charge in [-0.2, -0.15) is 0 Å². The minimum atomic E-state index is -0.0297. The van der Waals surface area contributed by atoms with Crippen molar-refractivity contribution in [2.75, 3.05) is 11.9 Å². The molecule has 1 amide bonds. The first-order chi connectivity index (χ1) is 14.6. The molecule has 0 saturated heterocycles. The van der Waals surface area contributed by atoms with Gasteiger partial charge in [0.15, 0.2) is 0 Å². The van der Waals surface area contributed by atoms with Gasteiger partial charge in [-0.05, 0) is 79.6 Å². The molecule has 0 fully saturated rings. The van der Waals surface area contributed by atoms with Crippen LogP contribution >= 0.6 is 22.9 Å². The standard InChI is InChI=1S/C24H21ClN2O2S/c1-16-4-13-21-22(15-16)30-24(27-21)17-5-9-19(10-6-17)26-23(28)3-2-14-29-20-11-7-18(25)8-12-20/h4-13,15H,2-3,14H2,1H3,(H,26,28). The summed E-state index contributed by atoms with van der Waals surface area (Å²) in [5.74, 6) is 0.721. The van der Waals surface area contributed by atoms with Crippen LogP contribution in [0.5, 0.6) is 5.75 Å². The van der Waals surface area contributed by atoms with E-state index in [9.17, 15) is 4.79 Å². The van der Waals surface area contributed by atoms with E-state index in [0.29, 0.717) is 24.5 Å². The summed E-state index contributed by atoms with van der Waals surface area (Å²) in [5, 5.41) is 4.58. The summed E-state index contributed by atoms with van der Waals surface area (Å²) in [6, 6.07) is 21.3. The average molecular weight is 437 g/mol. The van der Waals surface area contributed by atoms with Crippen LogP contribution in [-0.4, -0.2) is 17.5 Å². The summed E-state index contributed by atoms with van der Waals surface area (Å²) < 4.78 is 6.80. The van der Waals surface area contributed by atoms with Gasteiger partial charge in [-0.25, -0.2) is 4.98 Å². The van der Waals surface area contributed by atoms with Crippen molar-refractivity contribution in [1.29, 1.82) is 0 Å². The van der Waals surface area contributed by atoms with Crippen LogP contribution in [0, 0.1) is 6.92 Å². The summed E-state index contributed by atoms with van der Waals surface area (Å²) in [7, 11) is 0. The first-order valence-corrected chi connectivity index (χ1v) is 10.9. The predicted octanol–water partition coefficient (Wildman–Crippen LogP) is 6.72. The molecular weight excluding hydrogens is 416 g/mol. The molecule has 6 heteroatoms. The number of carbonyl (C=O) groups excluding carboxylic acids is 1. The molecule has 4 rings (SSSR count). The first kappa shape index (κ1) is 20.4. The van der Waals surface area contributed by atoms with Crippen molar-refractivity contribution in [1.82, 2.24) is 4.98 Å². The van der Waals surface area contributed by atoms with Crippen LogP contribution in [-0.2, 0) is 4.79 Å². The van der Waals surface area contributed by atoms with Crippen molar-refractivity contribution in [2.24, 2.45) is 0 Å². The largest absolute Gasteiger partial charge is 0.494 e. The number of amides is 1. The molecule has 0 bridgehead atoms. The van der Waals surface area contributed by atoms with Gasteiger partial charge in [-0.1, -0.05) is 17.7 Å². The Morgan fingerprint density at radius 1 is 1.07 bits per heavy atom. The zero-order valence-corrected chi connectivity index (χ0v) is 18.1. The third-order valence-electron chi connectivity index (χ3n) is 4.59. The van der Waals surface area contributed by atoms with Crippen LogP contribution in [0.1, 0.15) is 18.4 Å². The van der Waals surface area contributed by atoms with Crippen molar-refractivity contribution in [3.05, 3.63) is 77.3 Å². The van der Waals surface area contributed by atoms with Crippen molar-refractivity contribution in [2.45, 2.75) is 19.8 Å². The van der Waals surface area contributed by atoms with Gasteiger partial charge >= 0.3 is 0 Å². The third-order valence-corrected chi connectivity index (χ3v) is 5.91. The molecule has 4 aromatic rings. The molecule has 0 unspecified atom stereocenters. The lowest BCUT2D eigenvalue weighted by atomic mass is 10.2. The van der Waals surface area contributed by atoms with Gasteiger partial charge in [-0.3, -0.25) is 4.79 Å². The van der Waals surface area contributed by atoms with Gasteiger partial charge in [0.2, 0.25) is 5.91 Å². The SMILES string of the molecule is Cc1ccc2nc(-c3ccc(NC(=O)CCCOc4ccc(Cl)cc4)cc3)sc2c1. The fraction of sp³-hybridized carbons (Fsp3) is 0.167. The Morgan fingerprint density at radius 2 is 1.83 bits per heavy atom. The molecule has 1 heterocycles. The molecular formula is C24H21ClN2O2S. The number of carbonyl (C=O) groups is 1. The molecule has 4 nitrogen and oxygen atoms in total. The molecule has 0 atom stereocenters. The van der Waals surface area contributed by atoms with Gasteiger partial charge in [-0.15, -0.1) is 11.3 Å². The average Bonchev–Trinajstić information content (AvgIpc) is 3.16. The van der Waals surface area contributed by atoms with Crippen LogP contribution in [0.15, 0.2) is 66.7 Å². The van der Waals surface area contributed by atoms with Crippen molar-refractivity contribution >= 4 is 44.7 Å². The molecule has 152 valence electrons. The van der Waals surface area contributed by atoms with Crippen LogP contribution in [0.25, 0.3) is 20.8 Å². The number of aromatic nitrogens is 1. The van der Waals surface area contributed by atoms with Gasteiger partial charge in [0, 0.05) is 22.7 Å². The molecule has 0 aliphatic carbocycles. The second-order valence-electron chi connectivity index (χ2n) is 7.02. The van der Waals surface area contributed by atoms with E-state index in [2.05, 4.69) is 30.4 Å². The van der Waals surface area contributed by atoms with Crippen molar-refractivity contribution < 1.29 is 9.53 Å². The highest BCUT2D eigenvalue weighted by Gasteiger charge is 2.08. The third kappa shape index (κ3) is 5.17. The Bertz CT molecular complexity index is 1150. The normalized spacial score (nSPS) is 10.9. The number of aryl methyl sites for hydroxylation is 1. The lowest BCUT2D eigenvalue weighted by Gasteiger charge is -2.07. The molecule has 0 aliphatic rings. The summed E-state index contributed by atoms with van der Waals surface area (Å²) >= 11 is 7.53. The van der Waals surface area contributed by atoms with Crippen LogP contribution in [0.4, 0.5) is 5.69 Å². The first-order valence-electron chi connectivity index (χ1n) is 9.73. The second-order valence-corrected chi connectivity index (χ2v) is 8.49. The summed E-state index contributed by atoms with van der Waals surface area (Å²) in [6.45, 7) is 2.56. The number of hydrogen-bond acceptors (Lipinski definition) is 4. The van der Waals surface area contributed by atoms with Crippen LogP contribution < -0.4 is 10.1 Å². The molecule has 1 N–H and O–H groups in total. The van der Waals surface area contributed by atoms with Gasteiger partial charge < -0.3 is 10.1 Å². The van der Waals surface area contributed by atoms with Crippen molar-refractivity contribution in [3.63, 3.8) is 0 Å². The highest BCUT2D eigenvalue weighted by Crippen LogP contribution is 2.31. The molecule has 0 saturated carbocycles. The number of halogens is 1. The smallest absolute Gasteiger partial charge is 0.224 e. The molecule has 0 spiro atoms. The van der Waals surface area contributed by atoms with E-state index < -0.39 is 0 Å². The number of rotatable bonds is 7. The molecule has 1 aromatic heterocycles. The maximum atomic E-state index is 12.2. The number of nitrogens with zero attached hydrogens (tertiary/aromatic N) is 1. The molecule has 0 radical (unpaired) electrons. The Hall–Kier alpha value is -2.89. The zero-order chi connectivity index (χ0) is 20.9. The number of benzene rings is 3. The number of fused-ring (bicyclic) bond motifs is 1. The monoisotopic (exact) mass is 436 g/mol. The minimum absolute atomic E-state index is 0.0297. The van der Waals surface area contributed by atoms with Crippen LogP contribution in [0.3, 0.4) is 0 Å². The van der Waals surface area contributed by atoms with E-state index in [4.69, 9.17) is 21.3 Å². The topological polar surface area (TPSA) is 51.2 Å². The Morgan fingerprint density at radius 3 is 2.60 bits per heavy atom. The van der Waals surface area contributed by atoms with E-state index in [1.807, 2.05) is 36.4 Å². The number of hydrogen-bond donors (Lipinski definition) is 1. The lowest BCUT2D eigenvalue weighted by molar-refractivity contribution is -0.116. The predicted molar refractivity (Wildman–Crippen MR) is 125 cm³/mol. The molecule has 30 heavy (non-hydrogen) atoms. The highest BCUT2D eigenvalue weighted by atomic mass is 35.5. The lowest BCUT2D eigenvalue weighted by Crippen LogP contribution is -2.12. The maximum absolute atomic E-state index is 12.2. The Labute approximate surface area is 184 Å². The zero-order valence-electron chi connectivity index (χ0n) is 16.5. The van der Waals surface area contributed by atoms with Gasteiger partial charge in [0.25, 0.3) is 0 Å². The summed E-state index contributed by atoms with van der Waals surface area (Å²) in [5.41, 5.74) is 4.07. The molecule has 3 aromatic carbocycles. The Kier molecular flexibility index (Phi) is 6.31. The van der Waals surface area contributed by atoms with E-state index in [1.54, 1.807) is 23.5 Å². The van der Waals surface area contributed by atoms with E-state index in [-0.39, 0.29) is 5.91 Å². The fourth-order valence-electron chi connectivity index (χ4n) is 3.03. The summed E-state index contributed by atoms with van der Waals surface area (Å²) in [4.78, 5) is 16.9. The van der Waals surface area contributed by atoms with E-state index >= 15 is 0 Å². The Balaban J connectivity index is 1.28. The van der Waals surface area contributed by atoms with E-state index in [1.165, 1.54) is 10.3 Å². The quantitative estimate of drug-likeness (QED) is 0.327. The van der Waals surface area contributed by atoms with Crippen LogP contribution in [0.2, 0.25) is 5.02 Å². The fourth-order valence-corrected chi connectivity index (χ4v) is 4.22. The second kappa shape index (κ2) is 9.28. The minimum Gasteiger partial charge on any atom is -0.494 e. The number of ether oxygens (including phenoxy) is 1. The van der Waals surface area contributed by atoms with Gasteiger partial charge in [0.1, 0.15) is 10.8 Å². The maximum Gasteiger partial charge on any atom is 0.224 e. The number of nitrogens with one attached hydrogen (secondary N) is 1. The van der Waals surface area contributed by atoms with Gasteiger partial charge in [0.05, 0.1) is 16.8 Å². The summed E-state index contributed by atoms with van der Waals surface area (Å²) in [6.07, 6.45) is 1.03. The number of anilines is 1.